The number of hydrogen-bond donors (Lipinski definition) is 1. The second-order valence-electron chi connectivity index (χ2n) is 5.42. The van der Waals surface area contributed by atoms with Gasteiger partial charge in [0.05, 0.1) is 22.3 Å². The van der Waals surface area contributed by atoms with E-state index < -0.39 is 12.0 Å². The number of amides is 1. The first-order chi connectivity index (χ1) is 11.3. The molecule has 2 heterocycles. The average molecular weight is 414 g/mol. The van der Waals surface area contributed by atoms with Gasteiger partial charge in [0.15, 0.2) is 0 Å². The number of anilines is 1. The lowest BCUT2D eigenvalue weighted by Gasteiger charge is -2.13. The Morgan fingerprint density at radius 2 is 2.08 bits per heavy atom. The van der Waals surface area contributed by atoms with Crippen LogP contribution in [0.1, 0.15) is 46.4 Å². The zero-order valence-corrected chi connectivity index (χ0v) is 16.7. The van der Waals surface area contributed by atoms with Crippen LogP contribution in [0.3, 0.4) is 0 Å². The van der Waals surface area contributed by atoms with E-state index in [1.165, 1.54) is 11.3 Å². The molecule has 24 heavy (non-hydrogen) atoms. The lowest BCUT2D eigenvalue weighted by atomic mass is 10.1. The number of halogens is 1. The van der Waals surface area contributed by atoms with E-state index in [-0.39, 0.29) is 12.5 Å². The fraction of sp³-hybridized carbons (Fsp3) is 0.438. The van der Waals surface area contributed by atoms with Crippen molar-refractivity contribution in [3.63, 3.8) is 0 Å². The summed E-state index contributed by atoms with van der Waals surface area (Å²) in [5.74, 6) is -0.656. The molecule has 1 atom stereocenters. The van der Waals surface area contributed by atoms with E-state index in [9.17, 15) is 9.59 Å². The van der Waals surface area contributed by atoms with Gasteiger partial charge in [0, 0.05) is 11.1 Å². The highest BCUT2D eigenvalue weighted by Crippen LogP contribution is 2.33. The molecule has 0 aromatic carbocycles. The van der Waals surface area contributed by atoms with Crippen LogP contribution in [-0.4, -0.2) is 28.3 Å². The lowest BCUT2D eigenvalue weighted by molar-refractivity contribution is -0.119. The number of carbonyl (C=O) groups is 2. The van der Waals surface area contributed by atoms with Crippen molar-refractivity contribution in [3.8, 4) is 0 Å². The van der Waals surface area contributed by atoms with Crippen LogP contribution in [0.4, 0.5) is 5.00 Å². The number of hydrogen-bond acceptors (Lipinski definition) is 5. The van der Waals surface area contributed by atoms with Gasteiger partial charge in [0.2, 0.25) is 5.91 Å². The summed E-state index contributed by atoms with van der Waals surface area (Å²) in [4.78, 5) is 25.7. The van der Waals surface area contributed by atoms with Crippen molar-refractivity contribution in [3.05, 3.63) is 32.4 Å². The van der Waals surface area contributed by atoms with E-state index >= 15 is 0 Å². The smallest absolute Gasteiger partial charge is 0.341 e. The third-order valence-corrected chi connectivity index (χ3v) is 5.64. The molecule has 0 aliphatic carbocycles. The van der Waals surface area contributed by atoms with E-state index in [1.54, 1.807) is 24.7 Å². The van der Waals surface area contributed by atoms with Gasteiger partial charge in [0.25, 0.3) is 0 Å². The van der Waals surface area contributed by atoms with Crippen molar-refractivity contribution in [1.82, 2.24) is 9.78 Å². The highest BCUT2D eigenvalue weighted by Gasteiger charge is 2.24. The van der Waals surface area contributed by atoms with Gasteiger partial charge in [-0.1, -0.05) is 0 Å². The van der Waals surface area contributed by atoms with Gasteiger partial charge in [-0.25, -0.2) is 4.79 Å². The van der Waals surface area contributed by atoms with Crippen LogP contribution in [0.15, 0.2) is 10.7 Å². The largest absolute Gasteiger partial charge is 0.462 e. The van der Waals surface area contributed by atoms with Crippen LogP contribution in [0.25, 0.3) is 0 Å². The first-order valence-electron chi connectivity index (χ1n) is 7.55. The molecule has 0 spiro atoms. The predicted molar refractivity (Wildman–Crippen MR) is 97.8 cm³/mol. The Morgan fingerprint density at radius 3 is 2.62 bits per heavy atom. The van der Waals surface area contributed by atoms with Crippen molar-refractivity contribution in [2.75, 3.05) is 11.9 Å². The molecule has 1 amide bonds. The van der Waals surface area contributed by atoms with Crippen LogP contribution in [0, 0.1) is 20.8 Å². The Hall–Kier alpha value is -1.67. The number of aryl methyl sites for hydroxylation is 2. The summed E-state index contributed by atoms with van der Waals surface area (Å²) < 4.78 is 7.54. The average Bonchev–Trinajstić information content (AvgIpc) is 2.99. The first kappa shape index (κ1) is 18.7. The van der Waals surface area contributed by atoms with Crippen molar-refractivity contribution >= 4 is 44.1 Å². The summed E-state index contributed by atoms with van der Waals surface area (Å²) >= 11 is 4.76. The summed E-state index contributed by atoms with van der Waals surface area (Å²) in [6, 6.07) is -0.507. The maximum atomic E-state index is 12.6. The molecule has 1 unspecified atom stereocenters. The summed E-state index contributed by atoms with van der Waals surface area (Å²) in [7, 11) is 0. The summed E-state index contributed by atoms with van der Waals surface area (Å²) in [5, 5.41) is 7.66. The Morgan fingerprint density at radius 1 is 1.42 bits per heavy atom. The number of rotatable bonds is 5. The Bertz CT molecular complexity index is 762. The number of carbonyl (C=O) groups excluding carboxylic acids is 2. The van der Waals surface area contributed by atoms with Crippen LogP contribution in [-0.2, 0) is 9.53 Å². The van der Waals surface area contributed by atoms with E-state index in [1.807, 2.05) is 20.8 Å². The van der Waals surface area contributed by atoms with Crippen LogP contribution in [0.2, 0.25) is 0 Å². The third-order valence-electron chi connectivity index (χ3n) is 3.73. The van der Waals surface area contributed by atoms with Gasteiger partial charge in [-0.05, 0) is 56.1 Å². The Kier molecular flexibility index (Phi) is 5.82. The molecule has 0 radical (unpaired) electrons. The highest BCUT2D eigenvalue weighted by atomic mass is 79.9. The Balaban J connectivity index is 2.25. The molecular weight excluding hydrogens is 394 g/mol. The van der Waals surface area contributed by atoms with E-state index in [2.05, 4.69) is 26.3 Å². The predicted octanol–water partition coefficient (Wildman–Crippen LogP) is 4.01. The summed E-state index contributed by atoms with van der Waals surface area (Å²) in [5.41, 5.74) is 2.07. The van der Waals surface area contributed by atoms with E-state index in [0.29, 0.717) is 10.6 Å². The van der Waals surface area contributed by atoms with Gasteiger partial charge in [-0.2, -0.15) is 5.10 Å². The number of nitrogens with one attached hydrogen (secondary N) is 1. The molecule has 130 valence electrons. The normalized spacial score (nSPS) is 12.1. The van der Waals surface area contributed by atoms with Crippen LogP contribution >= 0.6 is 27.3 Å². The maximum absolute atomic E-state index is 12.6. The summed E-state index contributed by atoms with van der Waals surface area (Å²) in [6.45, 7) is 9.42. The molecule has 6 nitrogen and oxygen atoms in total. The molecule has 8 heteroatoms. The SMILES string of the molecule is CCOC(=O)c1c(NC(=O)C(C)n2cc(Br)c(C)n2)sc(C)c1C. The van der Waals surface area contributed by atoms with Gasteiger partial charge in [0.1, 0.15) is 11.0 Å². The van der Waals surface area contributed by atoms with Crippen molar-refractivity contribution in [2.24, 2.45) is 0 Å². The summed E-state index contributed by atoms with van der Waals surface area (Å²) in [6.07, 6.45) is 1.76. The van der Waals surface area contributed by atoms with E-state index in [0.717, 1.165) is 20.6 Å². The third kappa shape index (κ3) is 3.70. The number of nitrogens with zero attached hydrogens (tertiary/aromatic N) is 2. The number of ether oxygens (including phenoxy) is 1. The second kappa shape index (κ2) is 7.48. The molecular formula is C16H20BrN3O3S. The van der Waals surface area contributed by atoms with Crippen LogP contribution in [0.5, 0.6) is 0 Å². The molecule has 2 aromatic rings. The fourth-order valence-corrected chi connectivity index (χ4v) is 3.50. The zero-order valence-electron chi connectivity index (χ0n) is 14.3. The quantitative estimate of drug-likeness (QED) is 0.751. The molecule has 2 aromatic heterocycles. The van der Waals surface area contributed by atoms with Crippen molar-refractivity contribution in [1.29, 1.82) is 0 Å². The molecule has 0 aliphatic rings. The van der Waals surface area contributed by atoms with Gasteiger partial charge in [-0.3, -0.25) is 9.48 Å². The van der Waals surface area contributed by atoms with Crippen LogP contribution < -0.4 is 5.32 Å². The lowest BCUT2D eigenvalue weighted by Crippen LogP contribution is -2.24. The minimum Gasteiger partial charge on any atom is -0.462 e. The number of esters is 1. The first-order valence-corrected chi connectivity index (χ1v) is 9.16. The van der Waals surface area contributed by atoms with Gasteiger partial charge in [-0.15, -0.1) is 11.3 Å². The van der Waals surface area contributed by atoms with Gasteiger partial charge < -0.3 is 10.1 Å². The number of thiophene rings is 1. The number of aromatic nitrogens is 2. The zero-order chi connectivity index (χ0) is 18.0. The van der Waals surface area contributed by atoms with Crippen molar-refractivity contribution in [2.45, 2.75) is 40.7 Å². The molecule has 0 aliphatic heterocycles. The molecule has 0 bridgehead atoms. The Labute approximate surface area is 153 Å². The highest BCUT2D eigenvalue weighted by molar-refractivity contribution is 9.10. The standard InChI is InChI=1S/C16H20BrN3O3S/c1-6-23-16(22)13-8(2)11(5)24-15(13)18-14(21)10(4)20-7-12(17)9(3)19-20/h7,10H,6H2,1-5H3,(H,18,21). The topological polar surface area (TPSA) is 73.2 Å². The van der Waals surface area contributed by atoms with E-state index in [4.69, 9.17) is 4.74 Å². The monoisotopic (exact) mass is 413 g/mol. The minimum absolute atomic E-state index is 0.239. The molecule has 0 saturated carbocycles. The second-order valence-corrected chi connectivity index (χ2v) is 7.49. The van der Waals surface area contributed by atoms with Gasteiger partial charge >= 0.3 is 5.97 Å². The van der Waals surface area contributed by atoms with Crippen molar-refractivity contribution < 1.29 is 14.3 Å². The minimum atomic E-state index is -0.507. The molecule has 0 saturated heterocycles. The fourth-order valence-electron chi connectivity index (χ4n) is 2.16. The molecule has 0 fully saturated rings. The maximum Gasteiger partial charge on any atom is 0.341 e. The molecule has 2 rings (SSSR count). The molecule has 1 N–H and O–H groups in total.